The Morgan fingerprint density at radius 3 is 2.45 bits per heavy atom. The molecular weight excluding hydrogens is 382 g/mol. The SMILES string of the molecule is CCOc1ccc(N2CC3(C)CN(C(=O)N4CCSCC4)CC2C(C)(C)C3)cc1. The Balaban J connectivity index is 1.60. The van der Waals surface area contributed by atoms with Crippen LogP contribution >= 0.6 is 11.8 Å². The predicted octanol–water partition coefficient (Wildman–Crippen LogP) is 4.18. The van der Waals surface area contributed by atoms with Gasteiger partial charge in [0.25, 0.3) is 0 Å². The Morgan fingerprint density at radius 1 is 1.10 bits per heavy atom. The van der Waals surface area contributed by atoms with Crippen molar-refractivity contribution in [2.75, 3.05) is 55.7 Å². The van der Waals surface area contributed by atoms with Crippen molar-refractivity contribution < 1.29 is 9.53 Å². The van der Waals surface area contributed by atoms with E-state index in [1.54, 1.807) is 0 Å². The lowest BCUT2D eigenvalue weighted by molar-refractivity contribution is 0.121. The van der Waals surface area contributed by atoms with E-state index in [2.05, 4.69) is 59.7 Å². The van der Waals surface area contributed by atoms with Crippen molar-refractivity contribution in [2.24, 2.45) is 10.8 Å². The highest BCUT2D eigenvalue weighted by Gasteiger charge is 2.52. The smallest absolute Gasteiger partial charge is 0.320 e. The minimum atomic E-state index is 0.0925. The van der Waals surface area contributed by atoms with E-state index in [4.69, 9.17) is 4.74 Å². The summed E-state index contributed by atoms with van der Waals surface area (Å²) in [6, 6.07) is 9.06. The van der Waals surface area contributed by atoms with E-state index in [1.807, 2.05) is 18.7 Å². The fraction of sp³-hybridized carbons (Fsp3) is 0.696. The maximum Gasteiger partial charge on any atom is 0.320 e. The van der Waals surface area contributed by atoms with Crippen LogP contribution in [0.1, 0.15) is 34.1 Å². The summed E-state index contributed by atoms with van der Waals surface area (Å²) in [6.45, 7) is 14.2. The number of anilines is 1. The van der Waals surface area contributed by atoms with Crippen LogP contribution in [0, 0.1) is 10.8 Å². The number of urea groups is 1. The van der Waals surface area contributed by atoms with Crippen LogP contribution in [0.5, 0.6) is 5.75 Å². The monoisotopic (exact) mass is 417 g/mol. The highest BCUT2D eigenvalue weighted by Crippen LogP contribution is 2.49. The molecule has 1 aromatic rings. The number of benzene rings is 1. The maximum atomic E-state index is 13.3. The molecule has 0 aliphatic carbocycles. The molecular formula is C23H35N3O2S. The van der Waals surface area contributed by atoms with Gasteiger partial charge in [0.1, 0.15) is 5.75 Å². The average molecular weight is 418 g/mol. The molecule has 0 radical (unpaired) electrons. The van der Waals surface area contributed by atoms with Gasteiger partial charge in [0.15, 0.2) is 0 Å². The van der Waals surface area contributed by atoms with Gasteiger partial charge >= 0.3 is 6.03 Å². The zero-order chi connectivity index (χ0) is 20.6. The van der Waals surface area contributed by atoms with Crippen molar-refractivity contribution in [3.05, 3.63) is 24.3 Å². The highest BCUT2D eigenvalue weighted by atomic mass is 32.2. The normalized spacial score (nSPS) is 29.0. The van der Waals surface area contributed by atoms with Crippen molar-refractivity contribution in [1.29, 1.82) is 0 Å². The Morgan fingerprint density at radius 2 is 1.79 bits per heavy atom. The van der Waals surface area contributed by atoms with Crippen LogP contribution in [0.3, 0.4) is 0 Å². The van der Waals surface area contributed by atoms with Crippen LogP contribution in [0.2, 0.25) is 0 Å². The number of rotatable bonds is 3. The summed E-state index contributed by atoms with van der Waals surface area (Å²) in [5.41, 5.74) is 1.48. The van der Waals surface area contributed by atoms with E-state index < -0.39 is 0 Å². The first-order valence-corrected chi connectivity index (χ1v) is 12.1. The first kappa shape index (κ1) is 20.7. The lowest BCUT2D eigenvalue weighted by Crippen LogP contribution is -2.56. The van der Waals surface area contributed by atoms with Crippen LogP contribution in [0.25, 0.3) is 0 Å². The second-order valence-corrected chi connectivity index (χ2v) is 11.0. The van der Waals surface area contributed by atoms with Gasteiger partial charge in [-0.15, -0.1) is 0 Å². The summed E-state index contributed by atoms with van der Waals surface area (Å²) in [7, 11) is 0. The summed E-state index contributed by atoms with van der Waals surface area (Å²) in [5, 5.41) is 0. The van der Waals surface area contributed by atoms with E-state index in [1.165, 1.54) is 5.69 Å². The number of carbonyl (C=O) groups is 1. The van der Waals surface area contributed by atoms with Crippen LogP contribution in [-0.2, 0) is 0 Å². The molecule has 2 bridgehead atoms. The Labute approximate surface area is 179 Å². The molecule has 2 unspecified atom stereocenters. The molecule has 5 rings (SSSR count). The lowest BCUT2D eigenvalue weighted by atomic mass is 9.67. The number of carbonyl (C=O) groups excluding carboxylic acids is 1. The van der Waals surface area contributed by atoms with Gasteiger partial charge in [0.05, 0.1) is 12.6 Å². The van der Waals surface area contributed by atoms with Crippen molar-refractivity contribution in [3.8, 4) is 5.75 Å². The molecule has 160 valence electrons. The molecule has 5 nitrogen and oxygen atoms in total. The maximum absolute atomic E-state index is 13.3. The van der Waals surface area contributed by atoms with Gasteiger partial charge in [0.2, 0.25) is 0 Å². The molecule has 4 heterocycles. The Hall–Kier alpha value is -1.56. The lowest BCUT2D eigenvalue weighted by Gasteiger charge is -2.51. The number of nitrogens with zero attached hydrogens (tertiary/aromatic N) is 3. The molecule has 1 aromatic carbocycles. The van der Waals surface area contributed by atoms with Crippen LogP contribution < -0.4 is 9.64 Å². The fourth-order valence-electron chi connectivity index (χ4n) is 5.67. The van der Waals surface area contributed by atoms with Crippen molar-refractivity contribution >= 4 is 23.5 Å². The number of thioether (sulfide) groups is 1. The van der Waals surface area contributed by atoms with E-state index >= 15 is 0 Å². The minimum Gasteiger partial charge on any atom is -0.494 e. The van der Waals surface area contributed by atoms with E-state index in [9.17, 15) is 4.79 Å². The van der Waals surface area contributed by atoms with Crippen molar-refractivity contribution in [1.82, 2.24) is 9.80 Å². The molecule has 6 heteroatoms. The number of ether oxygens (including phenoxy) is 1. The van der Waals surface area contributed by atoms with Crippen LogP contribution in [0.4, 0.5) is 10.5 Å². The van der Waals surface area contributed by atoms with Gasteiger partial charge in [-0.2, -0.15) is 11.8 Å². The number of piperidine rings is 1. The largest absolute Gasteiger partial charge is 0.494 e. The van der Waals surface area contributed by atoms with Gasteiger partial charge in [0, 0.05) is 55.3 Å². The summed E-state index contributed by atoms with van der Waals surface area (Å²) in [6.07, 6.45) is 1.15. The number of fused-ring (bicyclic) bond motifs is 4. The minimum absolute atomic E-state index is 0.0925. The summed E-state index contributed by atoms with van der Waals surface area (Å²) in [5.74, 6) is 3.04. The Kier molecular flexibility index (Phi) is 5.66. The van der Waals surface area contributed by atoms with Gasteiger partial charge in [-0.3, -0.25) is 0 Å². The molecule has 4 aliphatic rings. The molecule has 4 fully saturated rings. The zero-order valence-corrected chi connectivity index (χ0v) is 19.1. The second-order valence-electron chi connectivity index (χ2n) is 9.81. The summed E-state index contributed by atoms with van der Waals surface area (Å²) in [4.78, 5) is 20.1. The highest BCUT2D eigenvalue weighted by molar-refractivity contribution is 7.99. The second kappa shape index (κ2) is 7.93. The predicted molar refractivity (Wildman–Crippen MR) is 121 cm³/mol. The van der Waals surface area contributed by atoms with Gasteiger partial charge in [-0.25, -0.2) is 4.79 Å². The van der Waals surface area contributed by atoms with Crippen molar-refractivity contribution in [2.45, 2.75) is 40.2 Å². The van der Waals surface area contributed by atoms with Crippen LogP contribution in [0.15, 0.2) is 24.3 Å². The molecule has 0 aromatic heterocycles. The molecule has 4 aliphatic heterocycles. The van der Waals surface area contributed by atoms with Gasteiger partial charge in [-0.05, 0) is 43.0 Å². The third-order valence-corrected chi connectivity index (χ3v) is 7.65. The Bertz CT molecular complexity index is 732. The average Bonchev–Trinajstić information content (AvgIpc) is 2.91. The molecule has 2 atom stereocenters. The number of hydrogen-bond acceptors (Lipinski definition) is 4. The fourth-order valence-corrected chi connectivity index (χ4v) is 6.58. The van der Waals surface area contributed by atoms with E-state index in [-0.39, 0.29) is 16.9 Å². The molecule has 0 N–H and O–H groups in total. The number of hydrogen-bond donors (Lipinski definition) is 0. The van der Waals surface area contributed by atoms with Crippen LogP contribution in [-0.4, -0.2) is 72.7 Å². The van der Waals surface area contributed by atoms with Crippen molar-refractivity contribution in [3.63, 3.8) is 0 Å². The molecule has 4 saturated heterocycles. The molecule has 0 spiro atoms. The summed E-state index contributed by atoms with van der Waals surface area (Å²) >= 11 is 1.95. The number of amides is 2. The van der Waals surface area contributed by atoms with E-state index in [0.717, 1.165) is 56.4 Å². The first-order valence-electron chi connectivity index (χ1n) is 10.9. The molecule has 0 saturated carbocycles. The standard InChI is InChI=1S/C23H35N3O2S/c1-5-28-19-8-6-18(7-9-19)26-17-23(4)15-22(2,3)20(26)14-25(16-23)21(27)24-10-12-29-13-11-24/h6-9,20H,5,10-17H2,1-4H3. The van der Waals surface area contributed by atoms with E-state index in [0.29, 0.717) is 12.6 Å². The first-order chi connectivity index (χ1) is 13.8. The quantitative estimate of drug-likeness (QED) is 0.739. The molecule has 2 amide bonds. The zero-order valence-electron chi connectivity index (χ0n) is 18.3. The summed E-state index contributed by atoms with van der Waals surface area (Å²) < 4.78 is 5.63. The van der Waals surface area contributed by atoms with Gasteiger partial charge in [-0.1, -0.05) is 20.8 Å². The topological polar surface area (TPSA) is 36.0 Å². The molecule has 29 heavy (non-hydrogen) atoms. The third kappa shape index (κ3) is 4.18. The van der Waals surface area contributed by atoms with Gasteiger partial charge < -0.3 is 19.4 Å². The third-order valence-electron chi connectivity index (χ3n) is 6.71.